The van der Waals surface area contributed by atoms with Gasteiger partial charge in [-0.1, -0.05) is 18.3 Å². The SMILES string of the molecule is CN(CCC(N)=S)C(=O)Nc1cccc(C(F)(F)F)c1. The Labute approximate surface area is 119 Å². The summed E-state index contributed by atoms with van der Waals surface area (Å²) in [5.41, 5.74) is 4.57. The second-order valence-corrected chi connectivity index (χ2v) is 4.67. The number of nitrogens with one attached hydrogen (secondary N) is 1. The largest absolute Gasteiger partial charge is 0.416 e. The van der Waals surface area contributed by atoms with Gasteiger partial charge >= 0.3 is 12.2 Å². The number of hydrogen-bond donors (Lipinski definition) is 2. The van der Waals surface area contributed by atoms with E-state index in [4.69, 9.17) is 5.73 Å². The van der Waals surface area contributed by atoms with Gasteiger partial charge in [-0.25, -0.2) is 4.79 Å². The van der Waals surface area contributed by atoms with E-state index in [1.54, 1.807) is 0 Å². The van der Waals surface area contributed by atoms with Crippen LogP contribution in [-0.4, -0.2) is 29.5 Å². The standard InChI is InChI=1S/C12H14F3N3OS/c1-18(6-5-10(16)20)11(19)17-9-4-2-3-8(7-9)12(13,14)15/h2-4,7H,5-6H2,1H3,(H2,16,20)(H,17,19). The molecule has 1 aromatic carbocycles. The van der Waals surface area contributed by atoms with Crippen LogP contribution in [0.25, 0.3) is 0 Å². The van der Waals surface area contributed by atoms with Crippen LogP contribution in [0.1, 0.15) is 12.0 Å². The van der Waals surface area contributed by atoms with Crippen molar-refractivity contribution in [3.63, 3.8) is 0 Å². The predicted molar refractivity (Wildman–Crippen MR) is 74.5 cm³/mol. The van der Waals surface area contributed by atoms with E-state index in [0.717, 1.165) is 12.1 Å². The normalized spacial score (nSPS) is 11.0. The number of nitrogens with two attached hydrogens (primary N) is 1. The highest BCUT2D eigenvalue weighted by Crippen LogP contribution is 2.30. The van der Waals surface area contributed by atoms with Gasteiger partial charge in [0.05, 0.1) is 10.6 Å². The van der Waals surface area contributed by atoms with Crippen molar-refractivity contribution in [2.45, 2.75) is 12.6 Å². The summed E-state index contributed by atoms with van der Waals surface area (Å²) < 4.78 is 37.6. The smallest absolute Gasteiger partial charge is 0.393 e. The van der Waals surface area contributed by atoms with Gasteiger partial charge in [0.25, 0.3) is 0 Å². The Bertz CT molecular complexity index is 505. The summed E-state index contributed by atoms with van der Waals surface area (Å²) in [6, 6.07) is 3.90. The van der Waals surface area contributed by atoms with E-state index in [-0.39, 0.29) is 10.7 Å². The number of benzene rings is 1. The van der Waals surface area contributed by atoms with E-state index in [9.17, 15) is 18.0 Å². The van der Waals surface area contributed by atoms with Crippen molar-refractivity contribution in [1.82, 2.24) is 4.90 Å². The van der Waals surface area contributed by atoms with Crippen molar-refractivity contribution in [1.29, 1.82) is 0 Å². The number of rotatable bonds is 4. The molecule has 0 radical (unpaired) electrons. The molecule has 0 aliphatic carbocycles. The lowest BCUT2D eigenvalue weighted by molar-refractivity contribution is -0.137. The van der Waals surface area contributed by atoms with Crippen LogP contribution in [0.3, 0.4) is 0 Å². The maximum Gasteiger partial charge on any atom is 0.416 e. The van der Waals surface area contributed by atoms with Crippen molar-refractivity contribution in [2.24, 2.45) is 5.73 Å². The molecule has 0 fully saturated rings. The summed E-state index contributed by atoms with van der Waals surface area (Å²) in [6.45, 7) is 0.292. The van der Waals surface area contributed by atoms with Crippen LogP contribution >= 0.6 is 12.2 Å². The Morgan fingerprint density at radius 3 is 2.65 bits per heavy atom. The Kier molecular flexibility index (Phi) is 5.32. The molecule has 0 saturated heterocycles. The molecule has 1 rings (SSSR count). The second kappa shape index (κ2) is 6.56. The van der Waals surface area contributed by atoms with Crippen LogP contribution < -0.4 is 11.1 Å². The molecule has 3 N–H and O–H groups in total. The number of nitrogens with zero attached hydrogens (tertiary/aromatic N) is 1. The maximum absolute atomic E-state index is 12.5. The molecule has 0 aliphatic rings. The molecule has 1 aromatic rings. The van der Waals surface area contributed by atoms with Crippen molar-refractivity contribution in [2.75, 3.05) is 18.9 Å². The van der Waals surface area contributed by atoms with Gasteiger partial charge in [-0.2, -0.15) is 13.2 Å². The Hall–Kier alpha value is -1.83. The number of hydrogen-bond acceptors (Lipinski definition) is 2. The van der Waals surface area contributed by atoms with E-state index < -0.39 is 17.8 Å². The van der Waals surface area contributed by atoms with Gasteiger partial charge in [0.15, 0.2) is 0 Å². The summed E-state index contributed by atoms with van der Waals surface area (Å²) in [5, 5.41) is 2.38. The quantitative estimate of drug-likeness (QED) is 0.841. The molecule has 20 heavy (non-hydrogen) atoms. The van der Waals surface area contributed by atoms with E-state index in [1.165, 1.54) is 24.1 Å². The molecular weight excluding hydrogens is 291 g/mol. The minimum Gasteiger partial charge on any atom is -0.393 e. The molecule has 0 unspecified atom stereocenters. The van der Waals surface area contributed by atoms with Crippen LogP contribution in [0.2, 0.25) is 0 Å². The molecule has 2 amide bonds. The molecule has 0 spiro atoms. The fourth-order valence-corrected chi connectivity index (χ4v) is 1.46. The topological polar surface area (TPSA) is 58.4 Å². The van der Waals surface area contributed by atoms with E-state index >= 15 is 0 Å². The average molecular weight is 305 g/mol. The first kappa shape index (κ1) is 16.2. The van der Waals surface area contributed by atoms with Crippen molar-refractivity contribution in [3.05, 3.63) is 29.8 Å². The van der Waals surface area contributed by atoms with Crippen LogP contribution in [0.4, 0.5) is 23.7 Å². The zero-order valence-electron chi connectivity index (χ0n) is 10.7. The first-order valence-electron chi connectivity index (χ1n) is 5.68. The fraction of sp³-hybridized carbons (Fsp3) is 0.333. The number of carbonyl (C=O) groups is 1. The molecule has 4 nitrogen and oxygen atoms in total. The number of anilines is 1. The average Bonchev–Trinajstić information content (AvgIpc) is 2.35. The van der Waals surface area contributed by atoms with Crippen LogP contribution in [-0.2, 0) is 6.18 Å². The Morgan fingerprint density at radius 1 is 1.45 bits per heavy atom. The summed E-state index contributed by atoms with van der Waals surface area (Å²) in [5.74, 6) is 0. The number of carbonyl (C=O) groups excluding carboxylic acids is 1. The van der Waals surface area contributed by atoms with E-state index in [1.807, 2.05) is 0 Å². The van der Waals surface area contributed by atoms with Crippen molar-refractivity contribution < 1.29 is 18.0 Å². The highest BCUT2D eigenvalue weighted by molar-refractivity contribution is 7.80. The Morgan fingerprint density at radius 2 is 2.10 bits per heavy atom. The number of urea groups is 1. The second-order valence-electron chi connectivity index (χ2n) is 4.15. The first-order chi connectivity index (χ1) is 9.20. The lowest BCUT2D eigenvalue weighted by Gasteiger charge is -2.18. The number of alkyl halides is 3. The zero-order valence-corrected chi connectivity index (χ0v) is 11.5. The predicted octanol–water partition coefficient (Wildman–Crippen LogP) is 2.85. The van der Waals surface area contributed by atoms with Crippen LogP contribution in [0.5, 0.6) is 0 Å². The third-order valence-corrected chi connectivity index (χ3v) is 2.69. The lowest BCUT2D eigenvalue weighted by atomic mass is 10.2. The minimum absolute atomic E-state index is 0.0759. The van der Waals surface area contributed by atoms with Gasteiger partial charge in [-0.3, -0.25) is 0 Å². The van der Waals surface area contributed by atoms with Gasteiger partial charge in [0.2, 0.25) is 0 Å². The van der Waals surface area contributed by atoms with Gasteiger partial charge in [0, 0.05) is 25.7 Å². The molecule has 0 bridgehead atoms. The highest BCUT2D eigenvalue weighted by Gasteiger charge is 2.30. The molecule has 110 valence electrons. The molecule has 0 atom stereocenters. The van der Waals surface area contributed by atoms with Gasteiger partial charge in [0.1, 0.15) is 0 Å². The zero-order chi connectivity index (χ0) is 15.3. The summed E-state index contributed by atoms with van der Waals surface area (Å²) in [7, 11) is 1.50. The molecule has 0 saturated carbocycles. The Balaban J connectivity index is 2.69. The van der Waals surface area contributed by atoms with Crippen LogP contribution in [0, 0.1) is 0 Å². The fourth-order valence-electron chi connectivity index (χ4n) is 1.37. The lowest BCUT2D eigenvalue weighted by Crippen LogP contribution is -2.33. The minimum atomic E-state index is -4.45. The molecule has 0 aliphatic heterocycles. The first-order valence-corrected chi connectivity index (χ1v) is 6.08. The van der Waals surface area contributed by atoms with E-state index in [0.29, 0.717) is 13.0 Å². The number of thiocarbonyl (C=S) groups is 1. The molecule has 8 heteroatoms. The van der Waals surface area contributed by atoms with Crippen molar-refractivity contribution in [3.8, 4) is 0 Å². The third-order valence-electron chi connectivity index (χ3n) is 2.48. The molecular formula is C12H14F3N3OS. The highest BCUT2D eigenvalue weighted by atomic mass is 32.1. The van der Waals surface area contributed by atoms with Gasteiger partial charge in [-0.05, 0) is 18.2 Å². The van der Waals surface area contributed by atoms with Gasteiger partial charge < -0.3 is 16.0 Å². The summed E-state index contributed by atoms with van der Waals surface area (Å²) >= 11 is 4.68. The third kappa shape index (κ3) is 5.04. The maximum atomic E-state index is 12.5. The summed E-state index contributed by atoms with van der Waals surface area (Å²) in [4.78, 5) is 13.3. The molecule has 0 heterocycles. The van der Waals surface area contributed by atoms with Crippen LogP contribution in [0.15, 0.2) is 24.3 Å². The summed E-state index contributed by atoms with van der Waals surface area (Å²) in [6.07, 6.45) is -4.10. The monoisotopic (exact) mass is 305 g/mol. The number of amides is 2. The van der Waals surface area contributed by atoms with E-state index in [2.05, 4.69) is 17.5 Å². The van der Waals surface area contributed by atoms with Gasteiger partial charge in [-0.15, -0.1) is 0 Å². The van der Waals surface area contributed by atoms with Crippen molar-refractivity contribution >= 4 is 28.9 Å². The number of halogens is 3. The molecule has 0 aromatic heterocycles.